The minimum absolute atomic E-state index is 0.166. The molecule has 0 aromatic heterocycles. The maximum atomic E-state index is 13.9. The van der Waals surface area contributed by atoms with Gasteiger partial charge in [-0.2, -0.15) is 13.2 Å². The summed E-state index contributed by atoms with van der Waals surface area (Å²) >= 11 is 0. The smallest absolute Gasteiger partial charge is 0.410 e. The second kappa shape index (κ2) is 8.36. The van der Waals surface area contributed by atoms with Gasteiger partial charge in [0.25, 0.3) is 0 Å². The predicted molar refractivity (Wildman–Crippen MR) is 92.3 cm³/mol. The Labute approximate surface area is 159 Å². The van der Waals surface area contributed by atoms with Crippen molar-refractivity contribution in [1.82, 2.24) is 4.90 Å². The maximum Gasteiger partial charge on any atom is 0.410 e. The van der Waals surface area contributed by atoms with Crippen LogP contribution in [0.3, 0.4) is 0 Å². The second-order valence-electron chi connectivity index (χ2n) is 7.54. The zero-order chi connectivity index (χ0) is 21.1. The van der Waals surface area contributed by atoms with Crippen LogP contribution in [0.4, 0.5) is 26.7 Å². The lowest BCUT2D eigenvalue weighted by Crippen LogP contribution is -2.46. The van der Waals surface area contributed by atoms with Gasteiger partial charge in [-0.1, -0.05) is 0 Å². The van der Waals surface area contributed by atoms with Crippen LogP contribution >= 0.6 is 0 Å². The summed E-state index contributed by atoms with van der Waals surface area (Å²) in [5, 5.41) is 0. The van der Waals surface area contributed by atoms with E-state index in [2.05, 4.69) is 0 Å². The van der Waals surface area contributed by atoms with Crippen LogP contribution < -0.4 is 0 Å². The van der Waals surface area contributed by atoms with Gasteiger partial charge < -0.3 is 9.47 Å². The lowest BCUT2D eigenvalue weighted by molar-refractivity contribution is -0.147. The molecule has 1 heterocycles. The summed E-state index contributed by atoms with van der Waals surface area (Å²) in [5.41, 5.74) is -0.311. The molecular formula is C19H22F5NO3. The average molecular weight is 407 g/mol. The minimum Gasteiger partial charge on any atom is -0.496 e. The van der Waals surface area contributed by atoms with Crippen molar-refractivity contribution >= 4 is 11.7 Å². The fraction of sp³-hybridized carbons (Fsp3) is 0.526. The number of amides is 1. The summed E-state index contributed by atoms with van der Waals surface area (Å²) in [7, 11) is 0. The second-order valence-corrected chi connectivity index (χ2v) is 7.54. The largest absolute Gasteiger partial charge is 0.496 e. The Kier molecular flexibility index (Phi) is 6.56. The van der Waals surface area contributed by atoms with Gasteiger partial charge in [-0.05, 0) is 51.3 Å². The highest BCUT2D eigenvalue weighted by Gasteiger charge is 2.36. The number of nitrogens with zero attached hydrogens (tertiary/aromatic N) is 1. The number of benzene rings is 1. The third kappa shape index (κ3) is 6.69. The van der Waals surface area contributed by atoms with Crippen LogP contribution in [0.1, 0.15) is 39.2 Å². The highest BCUT2D eigenvalue weighted by Crippen LogP contribution is 2.29. The zero-order valence-corrected chi connectivity index (χ0v) is 15.8. The van der Waals surface area contributed by atoms with Crippen LogP contribution in [0.25, 0.3) is 5.57 Å². The third-order valence-corrected chi connectivity index (χ3v) is 3.86. The van der Waals surface area contributed by atoms with Crippen LogP contribution in [0.2, 0.25) is 0 Å². The van der Waals surface area contributed by atoms with Gasteiger partial charge in [0.2, 0.25) is 0 Å². The van der Waals surface area contributed by atoms with E-state index in [0.717, 1.165) is 12.1 Å². The molecule has 0 saturated heterocycles. The molecule has 1 aromatic rings. The van der Waals surface area contributed by atoms with Gasteiger partial charge >= 0.3 is 12.3 Å². The van der Waals surface area contributed by atoms with E-state index >= 15 is 0 Å². The molecule has 1 unspecified atom stereocenters. The molecule has 1 aliphatic rings. The van der Waals surface area contributed by atoms with Crippen LogP contribution in [0.5, 0.6) is 0 Å². The Bertz CT molecular complexity index is 740. The Morgan fingerprint density at radius 1 is 1.25 bits per heavy atom. The van der Waals surface area contributed by atoms with Gasteiger partial charge in [0.05, 0.1) is 12.8 Å². The SMILES string of the molecule is CC(C)(C)OC(=O)N(CC1CCC(c2ccc(F)cc2F)=CO1)CC(F)(F)F. The molecule has 28 heavy (non-hydrogen) atoms. The molecule has 0 radical (unpaired) electrons. The zero-order valence-electron chi connectivity index (χ0n) is 15.8. The quantitative estimate of drug-likeness (QED) is 0.637. The number of carbonyl (C=O) groups is 1. The molecule has 1 aliphatic heterocycles. The van der Waals surface area contributed by atoms with Crippen LogP contribution in [0, 0.1) is 11.6 Å². The predicted octanol–water partition coefficient (Wildman–Crippen LogP) is 5.28. The standard InChI is InChI=1S/C19H22F5NO3/c1-18(2,3)28-17(26)25(11-19(22,23)24)9-14-6-4-12(10-27-14)15-7-5-13(20)8-16(15)21/h5,7-8,10,14H,4,6,9,11H2,1-3H3. The molecule has 0 N–H and O–H groups in total. The van der Waals surface area contributed by atoms with Crippen molar-refractivity contribution in [3.63, 3.8) is 0 Å². The van der Waals surface area contributed by atoms with E-state index in [1.165, 1.54) is 12.3 Å². The molecule has 0 bridgehead atoms. The number of rotatable bonds is 4. The molecule has 2 rings (SSSR count). The first-order valence-corrected chi connectivity index (χ1v) is 8.69. The monoisotopic (exact) mass is 407 g/mol. The molecule has 156 valence electrons. The molecule has 1 atom stereocenters. The average Bonchev–Trinajstić information content (AvgIpc) is 2.52. The molecule has 9 heteroatoms. The highest BCUT2D eigenvalue weighted by molar-refractivity contribution is 5.68. The summed E-state index contributed by atoms with van der Waals surface area (Å²) in [4.78, 5) is 12.7. The Balaban J connectivity index is 2.07. The van der Waals surface area contributed by atoms with Gasteiger partial charge in [0, 0.05) is 11.6 Å². The summed E-state index contributed by atoms with van der Waals surface area (Å²) in [6.45, 7) is 2.87. The fourth-order valence-electron chi connectivity index (χ4n) is 2.70. The van der Waals surface area contributed by atoms with E-state index < -0.39 is 42.2 Å². The van der Waals surface area contributed by atoms with Crippen molar-refractivity contribution in [1.29, 1.82) is 0 Å². The molecule has 4 nitrogen and oxygen atoms in total. The number of allylic oxidation sites excluding steroid dienone is 1. The summed E-state index contributed by atoms with van der Waals surface area (Å²) < 4.78 is 75.8. The highest BCUT2D eigenvalue weighted by atomic mass is 19.4. The molecule has 0 aliphatic carbocycles. The Morgan fingerprint density at radius 2 is 1.93 bits per heavy atom. The first-order chi connectivity index (χ1) is 12.8. The first kappa shape index (κ1) is 22.0. The summed E-state index contributed by atoms with van der Waals surface area (Å²) in [5.74, 6) is -1.46. The minimum atomic E-state index is -4.59. The molecule has 1 aromatic carbocycles. The van der Waals surface area contributed by atoms with Crippen molar-refractivity contribution in [2.24, 2.45) is 0 Å². The normalized spacial score (nSPS) is 17.6. The van der Waals surface area contributed by atoms with Crippen molar-refractivity contribution in [2.75, 3.05) is 13.1 Å². The molecule has 0 spiro atoms. The van der Waals surface area contributed by atoms with E-state index in [9.17, 15) is 26.7 Å². The van der Waals surface area contributed by atoms with E-state index in [4.69, 9.17) is 9.47 Å². The molecule has 0 saturated carbocycles. The van der Waals surface area contributed by atoms with Crippen molar-refractivity contribution in [3.8, 4) is 0 Å². The lowest BCUT2D eigenvalue weighted by atomic mass is 9.98. The number of alkyl halides is 3. The first-order valence-electron chi connectivity index (χ1n) is 8.69. The van der Waals surface area contributed by atoms with Gasteiger partial charge in [0.15, 0.2) is 0 Å². The Morgan fingerprint density at radius 3 is 2.43 bits per heavy atom. The van der Waals surface area contributed by atoms with Crippen LogP contribution in [-0.2, 0) is 9.47 Å². The molecule has 1 amide bonds. The van der Waals surface area contributed by atoms with E-state index in [-0.39, 0.29) is 18.5 Å². The van der Waals surface area contributed by atoms with E-state index in [1.54, 1.807) is 20.8 Å². The number of halogens is 5. The van der Waals surface area contributed by atoms with Gasteiger partial charge in [-0.3, -0.25) is 4.90 Å². The number of carbonyl (C=O) groups excluding carboxylic acids is 1. The molecular weight excluding hydrogens is 385 g/mol. The maximum absolute atomic E-state index is 13.9. The van der Waals surface area contributed by atoms with Gasteiger partial charge in [-0.25, -0.2) is 13.6 Å². The van der Waals surface area contributed by atoms with Crippen molar-refractivity contribution < 1.29 is 36.2 Å². The van der Waals surface area contributed by atoms with E-state index in [1.807, 2.05) is 0 Å². The van der Waals surface area contributed by atoms with E-state index in [0.29, 0.717) is 16.9 Å². The fourth-order valence-corrected chi connectivity index (χ4v) is 2.70. The number of ether oxygens (including phenoxy) is 2. The topological polar surface area (TPSA) is 38.8 Å². The van der Waals surface area contributed by atoms with Crippen LogP contribution in [0.15, 0.2) is 24.5 Å². The third-order valence-electron chi connectivity index (χ3n) is 3.86. The van der Waals surface area contributed by atoms with Crippen molar-refractivity contribution in [3.05, 3.63) is 41.7 Å². The van der Waals surface area contributed by atoms with Crippen LogP contribution in [-0.4, -0.2) is 42.0 Å². The molecule has 0 fully saturated rings. The lowest BCUT2D eigenvalue weighted by Gasteiger charge is -2.32. The summed E-state index contributed by atoms with van der Waals surface area (Å²) in [6, 6.07) is 3.13. The number of hydrogen-bond donors (Lipinski definition) is 0. The number of hydrogen-bond acceptors (Lipinski definition) is 3. The van der Waals surface area contributed by atoms with Crippen molar-refractivity contribution in [2.45, 2.75) is 51.5 Å². The summed E-state index contributed by atoms with van der Waals surface area (Å²) in [6.07, 6.45) is -4.58. The Hall–Kier alpha value is -2.32. The van der Waals surface area contributed by atoms with Gasteiger partial charge in [-0.15, -0.1) is 0 Å². The van der Waals surface area contributed by atoms with Gasteiger partial charge in [0.1, 0.15) is 29.9 Å².